The van der Waals surface area contributed by atoms with Crippen LogP contribution in [0.25, 0.3) is 11.1 Å². The molecule has 0 aliphatic heterocycles. The van der Waals surface area contributed by atoms with Gasteiger partial charge in [-0.15, -0.1) is 0 Å². The van der Waals surface area contributed by atoms with E-state index in [9.17, 15) is 5.11 Å². The summed E-state index contributed by atoms with van der Waals surface area (Å²) in [6.07, 6.45) is 0. The van der Waals surface area contributed by atoms with Crippen LogP contribution in [0.1, 0.15) is 52.7 Å². The van der Waals surface area contributed by atoms with Crippen molar-refractivity contribution in [1.29, 1.82) is 0 Å². The zero-order valence-electron chi connectivity index (χ0n) is 16.4. The second-order valence-electron chi connectivity index (χ2n) is 8.86. The van der Waals surface area contributed by atoms with Gasteiger partial charge in [-0.1, -0.05) is 53.7 Å². The Bertz CT molecular complexity index is 678. The molecule has 0 heterocycles. The Morgan fingerprint density at radius 1 is 0.750 bits per heavy atom. The van der Waals surface area contributed by atoms with Gasteiger partial charge in [0.15, 0.2) is 0 Å². The second kappa shape index (κ2) is 6.16. The molecule has 0 aliphatic rings. The number of rotatable bonds is 2. The number of phenolic OH excluding ortho intramolecular Hbond substituents is 1. The van der Waals surface area contributed by atoms with Gasteiger partial charge in [-0.25, -0.2) is 0 Å². The molecule has 2 rings (SSSR count). The molecule has 130 valence electrons. The molecular weight excluding hydrogens is 294 g/mol. The van der Waals surface area contributed by atoms with Crippen molar-refractivity contribution < 1.29 is 5.11 Å². The Kier molecular flexibility index (Phi) is 4.72. The minimum atomic E-state index is 0.0270. The predicted octanol–water partition coefficient (Wildman–Crippen LogP) is 5.72. The lowest BCUT2D eigenvalue weighted by Gasteiger charge is -2.32. The number of nitrogens with zero attached hydrogens (tertiary/aromatic N) is 1. The summed E-state index contributed by atoms with van der Waals surface area (Å²) in [5, 5.41) is 9.67. The van der Waals surface area contributed by atoms with Gasteiger partial charge in [-0.05, 0) is 57.3 Å². The molecule has 2 aromatic rings. The van der Waals surface area contributed by atoms with Crippen LogP contribution in [0.3, 0.4) is 0 Å². The molecular formula is C22H31NO. The number of hydrogen-bond acceptors (Lipinski definition) is 2. The van der Waals surface area contributed by atoms with E-state index >= 15 is 0 Å². The number of anilines is 1. The minimum absolute atomic E-state index is 0.0270. The highest BCUT2D eigenvalue weighted by molar-refractivity contribution is 5.77. The molecule has 0 atom stereocenters. The van der Waals surface area contributed by atoms with Crippen molar-refractivity contribution >= 4 is 5.69 Å². The molecule has 2 aromatic carbocycles. The first-order valence-electron chi connectivity index (χ1n) is 8.57. The van der Waals surface area contributed by atoms with Crippen LogP contribution in [0.2, 0.25) is 0 Å². The van der Waals surface area contributed by atoms with Crippen LogP contribution in [0.15, 0.2) is 36.4 Å². The van der Waals surface area contributed by atoms with E-state index in [1.807, 2.05) is 12.1 Å². The van der Waals surface area contributed by atoms with Crippen molar-refractivity contribution in [3.63, 3.8) is 0 Å². The van der Waals surface area contributed by atoms with E-state index < -0.39 is 0 Å². The van der Waals surface area contributed by atoms with Gasteiger partial charge in [0.1, 0.15) is 5.75 Å². The summed E-state index contributed by atoms with van der Waals surface area (Å²) in [6, 6.07) is 12.2. The molecule has 0 aliphatic carbocycles. The van der Waals surface area contributed by atoms with Crippen LogP contribution in [0, 0.1) is 0 Å². The lowest BCUT2D eigenvalue weighted by Crippen LogP contribution is -2.21. The topological polar surface area (TPSA) is 23.5 Å². The van der Waals surface area contributed by atoms with Gasteiger partial charge in [0.25, 0.3) is 0 Å². The SMILES string of the molecule is CN(C)c1cc(C(C)(C)C)c(-c2ccc(O)cc2)c(C(C)(C)C)c1. The van der Waals surface area contributed by atoms with E-state index in [1.165, 1.54) is 22.4 Å². The second-order valence-corrected chi connectivity index (χ2v) is 8.86. The Hall–Kier alpha value is -1.96. The molecule has 1 N–H and O–H groups in total. The Morgan fingerprint density at radius 2 is 1.17 bits per heavy atom. The number of aromatic hydroxyl groups is 1. The smallest absolute Gasteiger partial charge is 0.115 e. The van der Waals surface area contributed by atoms with Crippen molar-refractivity contribution in [2.45, 2.75) is 52.4 Å². The van der Waals surface area contributed by atoms with Gasteiger partial charge in [0.05, 0.1) is 0 Å². The Labute approximate surface area is 147 Å². The van der Waals surface area contributed by atoms with Gasteiger partial charge >= 0.3 is 0 Å². The highest BCUT2D eigenvalue weighted by atomic mass is 16.3. The summed E-state index contributed by atoms with van der Waals surface area (Å²) < 4.78 is 0. The summed E-state index contributed by atoms with van der Waals surface area (Å²) in [5.74, 6) is 0.304. The van der Waals surface area contributed by atoms with Crippen LogP contribution in [0.5, 0.6) is 5.75 Å². The van der Waals surface area contributed by atoms with Gasteiger partial charge in [0.2, 0.25) is 0 Å². The third kappa shape index (κ3) is 3.75. The van der Waals surface area contributed by atoms with Crippen LogP contribution in [-0.2, 0) is 10.8 Å². The molecule has 24 heavy (non-hydrogen) atoms. The fraction of sp³-hybridized carbons (Fsp3) is 0.455. The van der Waals surface area contributed by atoms with Crippen molar-refractivity contribution in [3.8, 4) is 16.9 Å². The van der Waals surface area contributed by atoms with Crippen molar-refractivity contribution in [2.75, 3.05) is 19.0 Å². The van der Waals surface area contributed by atoms with Crippen molar-refractivity contribution in [1.82, 2.24) is 0 Å². The minimum Gasteiger partial charge on any atom is -0.508 e. The third-order valence-electron chi connectivity index (χ3n) is 4.41. The molecule has 0 amide bonds. The first-order chi connectivity index (χ1) is 10.9. The zero-order valence-corrected chi connectivity index (χ0v) is 16.4. The zero-order chi connectivity index (χ0) is 18.3. The summed E-state index contributed by atoms with van der Waals surface area (Å²) in [5.41, 5.74) is 6.41. The molecule has 2 heteroatoms. The Balaban J connectivity index is 2.90. The Morgan fingerprint density at radius 3 is 1.50 bits per heavy atom. The average molecular weight is 325 g/mol. The standard InChI is InChI=1S/C22H31NO/c1-21(2,3)18-13-16(23(7)8)14-19(22(4,5)6)20(18)15-9-11-17(24)12-10-15/h9-14,24H,1-8H3. The lowest BCUT2D eigenvalue weighted by atomic mass is 9.74. The number of hydrogen-bond donors (Lipinski definition) is 1. The van der Waals surface area contributed by atoms with Crippen molar-refractivity contribution in [3.05, 3.63) is 47.5 Å². The first kappa shape index (κ1) is 18.4. The largest absolute Gasteiger partial charge is 0.508 e. The molecule has 0 bridgehead atoms. The molecule has 0 aromatic heterocycles. The molecule has 0 spiro atoms. The fourth-order valence-corrected chi connectivity index (χ4v) is 3.01. The highest BCUT2D eigenvalue weighted by Gasteiger charge is 2.27. The summed E-state index contributed by atoms with van der Waals surface area (Å²) in [4.78, 5) is 2.17. The summed E-state index contributed by atoms with van der Waals surface area (Å²) in [6.45, 7) is 13.6. The van der Waals surface area contributed by atoms with Gasteiger partial charge < -0.3 is 10.0 Å². The lowest BCUT2D eigenvalue weighted by molar-refractivity contribution is 0.475. The quantitative estimate of drug-likeness (QED) is 0.763. The van der Waals surface area contributed by atoms with E-state index in [4.69, 9.17) is 0 Å². The predicted molar refractivity (Wildman–Crippen MR) is 105 cm³/mol. The van der Waals surface area contributed by atoms with E-state index in [0.29, 0.717) is 5.75 Å². The van der Waals surface area contributed by atoms with Gasteiger partial charge in [-0.3, -0.25) is 0 Å². The third-order valence-corrected chi connectivity index (χ3v) is 4.41. The van der Waals surface area contributed by atoms with E-state index in [0.717, 1.165) is 5.56 Å². The van der Waals surface area contributed by atoms with Crippen LogP contribution in [0.4, 0.5) is 5.69 Å². The summed E-state index contributed by atoms with van der Waals surface area (Å²) in [7, 11) is 4.18. The van der Waals surface area contributed by atoms with Crippen LogP contribution >= 0.6 is 0 Å². The maximum Gasteiger partial charge on any atom is 0.115 e. The van der Waals surface area contributed by atoms with Crippen molar-refractivity contribution in [2.24, 2.45) is 0 Å². The summed E-state index contributed by atoms with van der Waals surface area (Å²) >= 11 is 0. The normalized spacial score (nSPS) is 12.3. The monoisotopic (exact) mass is 325 g/mol. The maximum absolute atomic E-state index is 9.67. The number of benzene rings is 2. The molecule has 0 unspecified atom stereocenters. The number of phenols is 1. The first-order valence-corrected chi connectivity index (χ1v) is 8.57. The van der Waals surface area contributed by atoms with Gasteiger partial charge in [-0.2, -0.15) is 0 Å². The van der Waals surface area contributed by atoms with Crippen LogP contribution in [-0.4, -0.2) is 19.2 Å². The average Bonchev–Trinajstić information content (AvgIpc) is 2.44. The highest BCUT2D eigenvalue weighted by Crippen LogP contribution is 2.43. The molecule has 0 radical (unpaired) electrons. The van der Waals surface area contributed by atoms with E-state index in [1.54, 1.807) is 12.1 Å². The molecule has 0 fully saturated rings. The molecule has 0 saturated heterocycles. The maximum atomic E-state index is 9.67. The van der Waals surface area contributed by atoms with Gasteiger partial charge in [0, 0.05) is 19.8 Å². The van der Waals surface area contributed by atoms with E-state index in [-0.39, 0.29) is 10.8 Å². The van der Waals surface area contributed by atoms with Crippen LogP contribution < -0.4 is 4.90 Å². The van der Waals surface area contributed by atoms with E-state index in [2.05, 4.69) is 72.7 Å². The molecule has 0 saturated carbocycles. The fourth-order valence-electron chi connectivity index (χ4n) is 3.01. The molecule has 2 nitrogen and oxygen atoms in total.